The van der Waals surface area contributed by atoms with Gasteiger partial charge >= 0.3 is 0 Å². The van der Waals surface area contributed by atoms with Crippen molar-refractivity contribution in [2.45, 2.75) is 18.1 Å². The quantitative estimate of drug-likeness (QED) is 0.572. The summed E-state index contributed by atoms with van der Waals surface area (Å²) in [4.78, 5) is 4.20. The van der Waals surface area contributed by atoms with Crippen LogP contribution in [-0.4, -0.2) is 24.4 Å². The molecule has 0 radical (unpaired) electrons. The molecule has 0 amide bonds. The standard InChI is InChI=1S/C23H18FN5O/c1-28-8-7-20(27-28)16-3-2-4-17(10-16)23(30)11-21(29-14-26-13-22(23)29)18-6-5-15(12-25)9-19(18)24/h2-10,13-14,21,30H,11H2,1H3. The van der Waals surface area contributed by atoms with E-state index in [9.17, 15) is 9.50 Å². The molecule has 2 atom stereocenters. The van der Waals surface area contributed by atoms with E-state index in [1.807, 2.05) is 49.6 Å². The van der Waals surface area contributed by atoms with Gasteiger partial charge < -0.3 is 9.67 Å². The summed E-state index contributed by atoms with van der Waals surface area (Å²) in [6.07, 6.45) is 5.36. The van der Waals surface area contributed by atoms with Crippen molar-refractivity contribution in [2.24, 2.45) is 7.05 Å². The van der Waals surface area contributed by atoms with Crippen molar-refractivity contribution in [3.05, 3.63) is 95.5 Å². The van der Waals surface area contributed by atoms with Crippen LogP contribution in [0.3, 0.4) is 0 Å². The second-order valence-electron chi connectivity index (χ2n) is 7.57. The van der Waals surface area contributed by atoms with Crippen molar-refractivity contribution < 1.29 is 9.50 Å². The van der Waals surface area contributed by atoms with E-state index in [1.165, 1.54) is 6.07 Å². The third kappa shape index (κ3) is 2.73. The number of halogens is 1. The minimum Gasteiger partial charge on any atom is -0.379 e. The lowest BCUT2D eigenvalue weighted by molar-refractivity contribution is 0.0793. The topological polar surface area (TPSA) is 79.7 Å². The van der Waals surface area contributed by atoms with Crippen molar-refractivity contribution in [1.82, 2.24) is 19.3 Å². The van der Waals surface area contributed by atoms with Crippen LogP contribution in [-0.2, 0) is 12.6 Å². The van der Waals surface area contributed by atoms with Crippen LogP contribution in [0.4, 0.5) is 4.39 Å². The summed E-state index contributed by atoms with van der Waals surface area (Å²) in [5.41, 5.74) is 2.36. The largest absolute Gasteiger partial charge is 0.379 e. The van der Waals surface area contributed by atoms with Gasteiger partial charge in [-0.15, -0.1) is 0 Å². The van der Waals surface area contributed by atoms with E-state index in [0.29, 0.717) is 16.8 Å². The monoisotopic (exact) mass is 399 g/mol. The minimum absolute atomic E-state index is 0.262. The van der Waals surface area contributed by atoms with Crippen molar-refractivity contribution in [1.29, 1.82) is 5.26 Å². The first-order valence-electron chi connectivity index (χ1n) is 9.54. The molecule has 0 bridgehead atoms. The Kier molecular flexibility index (Phi) is 4.05. The number of rotatable bonds is 3. The molecule has 4 aromatic rings. The summed E-state index contributed by atoms with van der Waals surface area (Å²) < 4.78 is 18.3. The smallest absolute Gasteiger partial charge is 0.133 e. The van der Waals surface area contributed by atoms with E-state index in [2.05, 4.69) is 10.1 Å². The summed E-state index contributed by atoms with van der Waals surface area (Å²) in [5.74, 6) is -0.467. The molecule has 1 aliphatic rings. The van der Waals surface area contributed by atoms with Gasteiger partial charge in [-0.25, -0.2) is 9.37 Å². The van der Waals surface area contributed by atoms with Gasteiger partial charge in [-0.3, -0.25) is 4.68 Å². The molecule has 1 aliphatic heterocycles. The highest BCUT2D eigenvalue weighted by atomic mass is 19.1. The maximum Gasteiger partial charge on any atom is 0.133 e. The molecular weight excluding hydrogens is 381 g/mol. The molecule has 0 spiro atoms. The SMILES string of the molecule is Cn1ccc(-c2cccc(C3(O)CC(c4ccc(C#N)cc4F)n4cncc43)c2)n1. The number of hydrogen-bond donors (Lipinski definition) is 1. The van der Waals surface area contributed by atoms with Crippen LogP contribution in [0.5, 0.6) is 0 Å². The highest BCUT2D eigenvalue weighted by Gasteiger charge is 2.45. The van der Waals surface area contributed by atoms with Gasteiger partial charge in [0, 0.05) is 30.8 Å². The summed E-state index contributed by atoms with van der Waals surface area (Å²) in [6, 6.07) is 15.5. The van der Waals surface area contributed by atoms with Gasteiger partial charge in [0.25, 0.3) is 0 Å². The summed E-state index contributed by atoms with van der Waals surface area (Å²) in [5, 5.41) is 25.2. The first-order valence-corrected chi connectivity index (χ1v) is 9.54. The highest BCUT2D eigenvalue weighted by Crippen LogP contribution is 2.47. The average molecular weight is 399 g/mol. The van der Waals surface area contributed by atoms with Crippen molar-refractivity contribution >= 4 is 0 Å². The number of imidazole rings is 1. The Bertz CT molecular complexity index is 1300. The van der Waals surface area contributed by atoms with Gasteiger partial charge in [-0.05, 0) is 29.8 Å². The van der Waals surface area contributed by atoms with Crippen molar-refractivity contribution in [3.8, 4) is 17.3 Å². The van der Waals surface area contributed by atoms with Crippen LogP contribution < -0.4 is 0 Å². The molecule has 5 rings (SSSR count). The summed E-state index contributed by atoms with van der Waals surface area (Å²) in [6.45, 7) is 0. The molecule has 3 heterocycles. The molecule has 2 unspecified atom stereocenters. The Hall–Kier alpha value is -3.76. The maximum absolute atomic E-state index is 14.8. The van der Waals surface area contributed by atoms with E-state index < -0.39 is 17.5 Å². The first kappa shape index (κ1) is 18.3. The Morgan fingerprint density at radius 3 is 2.83 bits per heavy atom. The first-order chi connectivity index (χ1) is 14.5. The van der Waals surface area contributed by atoms with Crippen LogP contribution in [0.15, 0.2) is 67.3 Å². The van der Waals surface area contributed by atoms with Crippen LogP contribution in [0.25, 0.3) is 11.3 Å². The van der Waals surface area contributed by atoms with E-state index in [1.54, 1.807) is 33.9 Å². The fourth-order valence-corrected chi connectivity index (χ4v) is 4.25. The normalized spacial score (nSPS) is 20.1. The van der Waals surface area contributed by atoms with E-state index in [0.717, 1.165) is 11.3 Å². The maximum atomic E-state index is 14.8. The van der Waals surface area contributed by atoms with Crippen LogP contribution in [0, 0.1) is 17.1 Å². The number of aromatic nitrogens is 4. The zero-order valence-electron chi connectivity index (χ0n) is 16.2. The fraction of sp³-hybridized carbons (Fsp3) is 0.174. The van der Waals surface area contributed by atoms with E-state index in [-0.39, 0.29) is 12.0 Å². The molecule has 7 heteroatoms. The summed E-state index contributed by atoms with van der Waals surface area (Å²) in [7, 11) is 1.85. The van der Waals surface area contributed by atoms with Crippen LogP contribution >= 0.6 is 0 Å². The number of hydrogen-bond acceptors (Lipinski definition) is 4. The minimum atomic E-state index is -1.33. The van der Waals surface area contributed by atoms with Gasteiger partial charge in [0.2, 0.25) is 0 Å². The van der Waals surface area contributed by atoms with Crippen molar-refractivity contribution in [3.63, 3.8) is 0 Å². The van der Waals surface area contributed by atoms with Gasteiger partial charge in [0.05, 0.1) is 41.6 Å². The zero-order valence-corrected chi connectivity index (χ0v) is 16.2. The molecule has 30 heavy (non-hydrogen) atoms. The number of nitrogens with zero attached hydrogens (tertiary/aromatic N) is 5. The Morgan fingerprint density at radius 2 is 2.10 bits per heavy atom. The van der Waals surface area contributed by atoms with Gasteiger partial charge in [-0.2, -0.15) is 10.4 Å². The molecule has 2 aromatic heterocycles. The van der Waals surface area contributed by atoms with Gasteiger partial charge in [-0.1, -0.05) is 24.3 Å². The predicted molar refractivity (Wildman–Crippen MR) is 108 cm³/mol. The molecule has 0 fully saturated rings. The molecule has 0 saturated heterocycles. The number of fused-ring (bicyclic) bond motifs is 1. The second-order valence-corrected chi connectivity index (χ2v) is 7.57. The molecule has 0 saturated carbocycles. The van der Waals surface area contributed by atoms with E-state index >= 15 is 0 Å². The number of benzene rings is 2. The van der Waals surface area contributed by atoms with Crippen LogP contribution in [0.2, 0.25) is 0 Å². The second kappa shape index (κ2) is 6.65. The number of nitriles is 1. The predicted octanol–water partition coefficient (Wildman–Crippen LogP) is 3.52. The molecule has 1 N–H and O–H groups in total. The molecule has 148 valence electrons. The average Bonchev–Trinajstić information content (AvgIpc) is 3.46. The highest BCUT2D eigenvalue weighted by molar-refractivity contribution is 5.60. The third-order valence-electron chi connectivity index (χ3n) is 5.75. The zero-order chi connectivity index (χ0) is 20.9. The number of aryl methyl sites for hydroxylation is 1. The lowest BCUT2D eigenvalue weighted by Gasteiger charge is -2.24. The fourth-order valence-electron chi connectivity index (χ4n) is 4.25. The third-order valence-corrected chi connectivity index (χ3v) is 5.75. The Balaban J connectivity index is 1.59. The summed E-state index contributed by atoms with van der Waals surface area (Å²) >= 11 is 0. The van der Waals surface area contributed by atoms with Crippen molar-refractivity contribution in [2.75, 3.05) is 0 Å². The van der Waals surface area contributed by atoms with Crippen LogP contribution in [0.1, 0.15) is 34.8 Å². The van der Waals surface area contributed by atoms with Gasteiger partial charge in [0.15, 0.2) is 0 Å². The molecule has 0 aliphatic carbocycles. The number of aliphatic hydroxyl groups is 1. The lowest BCUT2D eigenvalue weighted by Crippen LogP contribution is -2.24. The Labute approximate surface area is 172 Å². The molecule has 6 nitrogen and oxygen atoms in total. The van der Waals surface area contributed by atoms with E-state index in [4.69, 9.17) is 5.26 Å². The molecular formula is C23H18FN5O. The lowest BCUT2D eigenvalue weighted by atomic mass is 9.85. The Morgan fingerprint density at radius 1 is 1.23 bits per heavy atom. The molecule has 2 aromatic carbocycles. The van der Waals surface area contributed by atoms with Gasteiger partial charge in [0.1, 0.15) is 11.4 Å².